The summed E-state index contributed by atoms with van der Waals surface area (Å²) >= 11 is 0. The molecule has 0 saturated heterocycles. The van der Waals surface area contributed by atoms with Crippen molar-refractivity contribution in [2.24, 2.45) is 5.92 Å². The van der Waals surface area contributed by atoms with Crippen LogP contribution in [0, 0.1) is 5.92 Å². The quantitative estimate of drug-likeness (QED) is 0.553. The van der Waals surface area contributed by atoms with E-state index in [1.807, 2.05) is 0 Å². The van der Waals surface area contributed by atoms with E-state index in [0.29, 0.717) is 0 Å². The first-order valence-electron chi connectivity index (χ1n) is 3.19. The van der Waals surface area contributed by atoms with Gasteiger partial charge in [-0.05, 0) is 18.8 Å². The molecule has 0 aromatic carbocycles. The van der Waals surface area contributed by atoms with Gasteiger partial charge < -0.3 is 4.84 Å². The lowest BCUT2D eigenvalue weighted by Crippen LogP contribution is -2.26. The second kappa shape index (κ2) is 3.05. The Morgan fingerprint density at radius 3 is 2.75 bits per heavy atom. The van der Waals surface area contributed by atoms with Gasteiger partial charge in [0.2, 0.25) is 0 Å². The van der Waals surface area contributed by atoms with Gasteiger partial charge in [-0.1, -0.05) is 6.42 Å². The highest BCUT2D eigenvalue weighted by Crippen LogP contribution is 2.24. The van der Waals surface area contributed by atoms with Crippen LogP contribution in [0.3, 0.4) is 0 Å². The van der Waals surface area contributed by atoms with Crippen molar-refractivity contribution in [2.45, 2.75) is 19.3 Å². The highest BCUT2D eigenvalue weighted by atomic mass is 16.6. The highest BCUT2D eigenvalue weighted by Gasteiger charge is 2.15. The molecule has 1 N–H and O–H groups in total. The number of hydroxylamine groups is 1. The summed E-state index contributed by atoms with van der Waals surface area (Å²) in [5.41, 5.74) is 2.85. The molecule has 0 bridgehead atoms. The van der Waals surface area contributed by atoms with Crippen molar-refractivity contribution in [1.29, 1.82) is 0 Å². The average Bonchev–Trinajstić information content (AvgIpc) is 1.63. The van der Waals surface area contributed by atoms with Crippen LogP contribution in [0.4, 0.5) is 0 Å². The van der Waals surface area contributed by atoms with Gasteiger partial charge in [0, 0.05) is 6.54 Å². The molecule has 0 spiro atoms. The molecule has 0 aliphatic heterocycles. The lowest BCUT2D eigenvalue weighted by Gasteiger charge is -2.24. The maximum Gasteiger partial charge on any atom is 0.0572 e. The van der Waals surface area contributed by atoms with Gasteiger partial charge in [-0.3, -0.25) is 0 Å². The fourth-order valence-corrected chi connectivity index (χ4v) is 0.898. The Bertz CT molecular complexity index is 61.5. The summed E-state index contributed by atoms with van der Waals surface area (Å²) in [5.74, 6) is 0.898. The van der Waals surface area contributed by atoms with Gasteiger partial charge in [0.15, 0.2) is 0 Å². The van der Waals surface area contributed by atoms with Gasteiger partial charge >= 0.3 is 0 Å². The van der Waals surface area contributed by atoms with Crippen molar-refractivity contribution in [3.05, 3.63) is 0 Å². The monoisotopic (exact) mass is 115 g/mol. The van der Waals surface area contributed by atoms with Crippen molar-refractivity contribution < 1.29 is 4.84 Å². The van der Waals surface area contributed by atoms with Gasteiger partial charge in [-0.2, -0.15) is 0 Å². The molecule has 0 amide bonds. The lowest BCUT2D eigenvalue weighted by molar-refractivity contribution is 0.0680. The largest absolute Gasteiger partial charge is 0.305 e. The van der Waals surface area contributed by atoms with E-state index in [1.165, 1.54) is 19.3 Å². The van der Waals surface area contributed by atoms with Gasteiger partial charge in [0.1, 0.15) is 0 Å². The normalized spacial score (nSPS) is 20.6. The predicted octanol–water partition coefficient (Wildman–Crippen LogP) is 0.937. The van der Waals surface area contributed by atoms with Crippen LogP contribution < -0.4 is 5.48 Å². The van der Waals surface area contributed by atoms with E-state index in [9.17, 15) is 0 Å². The summed E-state index contributed by atoms with van der Waals surface area (Å²) < 4.78 is 0. The second-order valence-corrected chi connectivity index (χ2v) is 2.35. The third-order valence-corrected chi connectivity index (χ3v) is 1.74. The van der Waals surface area contributed by atoms with Gasteiger partial charge in [0.25, 0.3) is 0 Å². The minimum atomic E-state index is 0.898. The molecule has 2 heteroatoms. The molecule has 0 heterocycles. The van der Waals surface area contributed by atoms with Crippen molar-refractivity contribution in [3.8, 4) is 0 Å². The third-order valence-electron chi connectivity index (χ3n) is 1.74. The fraction of sp³-hybridized carbons (Fsp3) is 1.00. The number of hydrogen-bond acceptors (Lipinski definition) is 2. The van der Waals surface area contributed by atoms with E-state index in [1.54, 1.807) is 7.11 Å². The predicted molar refractivity (Wildman–Crippen MR) is 32.4 cm³/mol. The number of nitrogens with one attached hydrogen (secondary N) is 1. The molecule has 0 aromatic heterocycles. The highest BCUT2D eigenvalue weighted by molar-refractivity contribution is 4.69. The van der Waals surface area contributed by atoms with Crippen molar-refractivity contribution in [3.63, 3.8) is 0 Å². The maximum atomic E-state index is 4.70. The Labute approximate surface area is 50.2 Å². The zero-order chi connectivity index (χ0) is 5.82. The van der Waals surface area contributed by atoms with Crippen LogP contribution in [0.5, 0.6) is 0 Å². The lowest BCUT2D eigenvalue weighted by atomic mass is 9.86. The maximum absolute atomic E-state index is 4.70. The zero-order valence-corrected chi connectivity index (χ0v) is 5.31. The van der Waals surface area contributed by atoms with Crippen molar-refractivity contribution >= 4 is 0 Å². The molecule has 1 aliphatic rings. The summed E-state index contributed by atoms with van der Waals surface area (Å²) in [6.07, 6.45) is 4.18. The van der Waals surface area contributed by atoms with E-state index >= 15 is 0 Å². The van der Waals surface area contributed by atoms with E-state index < -0.39 is 0 Å². The first-order chi connectivity index (χ1) is 3.93. The number of rotatable bonds is 3. The van der Waals surface area contributed by atoms with E-state index in [2.05, 4.69) is 5.48 Å². The van der Waals surface area contributed by atoms with Crippen LogP contribution >= 0.6 is 0 Å². The minimum absolute atomic E-state index is 0.898. The molecule has 1 rings (SSSR count). The molecule has 0 radical (unpaired) electrons. The van der Waals surface area contributed by atoms with E-state index in [-0.39, 0.29) is 0 Å². The fourth-order valence-electron chi connectivity index (χ4n) is 0.898. The van der Waals surface area contributed by atoms with E-state index in [0.717, 1.165) is 12.5 Å². The van der Waals surface area contributed by atoms with Crippen LogP contribution in [0.1, 0.15) is 19.3 Å². The molecule has 2 nitrogen and oxygen atoms in total. The molecular formula is C6H13NO. The van der Waals surface area contributed by atoms with Crippen LogP contribution in [0.25, 0.3) is 0 Å². The van der Waals surface area contributed by atoms with Gasteiger partial charge in [-0.25, -0.2) is 5.48 Å². The molecule has 1 aliphatic carbocycles. The molecule has 8 heavy (non-hydrogen) atoms. The summed E-state index contributed by atoms with van der Waals surface area (Å²) in [7, 11) is 1.67. The molecule has 48 valence electrons. The Morgan fingerprint density at radius 1 is 1.62 bits per heavy atom. The summed E-state index contributed by atoms with van der Waals surface area (Å²) in [5, 5.41) is 0. The Hall–Kier alpha value is -0.0800. The van der Waals surface area contributed by atoms with Crippen LogP contribution in [-0.4, -0.2) is 13.7 Å². The second-order valence-electron chi connectivity index (χ2n) is 2.35. The minimum Gasteiger partial charge on any atom is -0.305 e. The van der Waals surface area contributed by atoms with Crippen molar-refractivity contribution in [2.75, 3.05) is 13.7 Å². The summed E-state index contributed by atoms with van der Waals surface area (Å²) in [4.78, 5) is 4.70. The average molecular weight is 115 g/mol. The first kappa shape index (κ1) is 6.05. The van der Waals surface area contributed by atoms with Crippen LogP contribution in [0.15, 0.2) is 0 Å². The van der Waals surface area contributed by atoms with E-state index in [4.69, 9.17) is 4.84 Å². The Kier molecular flexibility index (Phi) is 2.30. The zero-order valence-electron chi connectivity index (χ0n) is 5.31. The Morgan fingerprint density at radius 2 is 2.38 bits per heavy atom. The first-order valence-corrected chi connectivity index (χ1v) is 3.19. The smallest absolute Gasteiger partial charge is 0.0572 e. The third kappa shape index (κ3) is 1.46. The topological polar surface area (TPSA) is 21.3 Å². The molecule has 0 aromatic rings. The molecule has 0 unspecified atom stereocenters. The molecule has 1 fully saturated rings. The van der Waals surface area contributed by atoms with Crippen LogP contribution in [-0.2, 0) is 4.84 Å². The number of hydrogen-bond donors (Lipinski definition) is 1. The molecular weight excluding hydrogens is 102 g/mol. The molecule has 0 atom stereocenters. The summed E-state index contributed by atoms with van der Waals surface area (Å²) in [6, 6.07) is 0. The van der Waals surface area contributed by atoms with Gasteiger partial charge in [0.05, 0.1) is 7.11 Å². The van der Waals surface area contributed by atoms with Crippen LogP contribution in [0.2, 0.25) is 0 Å². The van der Waals surface area contributed by atoms with Gasteiger partial charge in [-0.15, -0.1) is 0 Å². The SMILES string of the molecule is CONCC1CCC1. The standard InChI is InChI=1S/C6H13NO/c1-8-7-5-6-3-2-4-6/h6-7H,2-5H2,1H3. The van der Waals surface area contributed by atoms with Crippen molar-refractivity contribution in [1.82, 2.24) is 5.48 Å². The summed E-state index contributed by atoms with van der Waals surface area (Å²) in [6.45, 7) is 1.04. The molecule has 1 saturated carbocycles. The Balaban J connectivity index is 1.86.